The second kappa shape index (κ2) is 9.63. The number of Topliss-reactive ketones (excluding diaryl/α,β-unsaturated/α-hetero) is 2. The Morgan fingerprint density at radius 3 is 2.47 bits per heavy atom. The average Bonchev–Trinajstić information content (AvgIpc) is 3.13. The SMILES string of the molecule is CCCOC(=O)OCC(=O)[C@@]1(OC(=O)OC)CC[C@H]2[C@@H]3CCC4=CC(=O)CC[C@]4(C)[C@H]3C(=O)C[C@@]21C. The molecule has 0 N–H and O–H groups in total. The largest absolute Gasteiger partial charge is 0.509 e. The Labute approximate surface area is 211 Å². The Morgan fingerprint density at radius 1 is 1.03 bits per heavy atom. The van der Waals surface area contributed by atoms with Crippen LogP contribution in [0.4, 0.5) is 9.59 Å². The van der Waals surface area contributed by atoms with E-state index >= 15 is 0 Å². The molecule has 0 saturated heterocycles. The number of ether oxygens (including phenoxy) is 4. The van der Waals surface area contributed by atoms with Crippen molar-refractivity contribution < 1.29 is 42.9 Å². The molecule has 0 heterocycles. The fourth-order valence-corrected chi connectivity index (χ4v) is 7.71. The Kier molecular flexibility index (Phi) is 7.05. The van der Waals surface area contributed by atoms with Crippen LogP contribution >= 0.6 is 0 Å². The first kappa shape index (κ1) is 26.4. The predicted molar refractivity (Wildman–Crippen MR) is 126 cm³/mol. The zero-order valence-electron chi connectivity index (χ0n) is 21.6. The molecule has 0 bridgehead atoms. The third-order valence-electron chi connectivity index (χ3n) is 9.39. The van der Waals surface area contributed by atoms with Crippen LogP contribution in [0.3, 0.4) is 0 Å². The summed E-state index contributed by atoms with van der Waals surface area (Å²) in [4.78, 5) is 63.8. The first-order valence-corrected chi connectivity index (χ1v) is 12.9. The van der Waals surface area contributed by atoms with E-state index in [1.54, 1.807) is 6.08 Å². The molecule has 0 aliphatic heterocycles. The summed E-state index contributed by atoms with van der Waals surface area (Å²) in [5, 5.41) is 0. The molecule has 9 heteroatoms. The maximum Gasteiger partial charge on any atom is 0.509 e. The molecule has 4 aliphatic rings. The molecule has 9 nitrogen and oxygen atoms in total. The molecule has 198 valence electrons. The van der Waals surface area contributed by atoms with Crippen LogP contribution in [0, 0.1) is 28.6 Å². The van der Waals surface area contributed by atoms with Crippen molar-refractivity contribution in [1.82, 2.24) is 0 Å². The average molecular weight is 505 g/mol. The zero-order valence-corrected chi connectivity index (χ0v) is 21.6. The van der Waals surface area contributed by atoms with Gasteiger partial charge in [0.05, 0.1) is 13.7 Å². The molecule has 3 saturated carbocycles. The molecular formula is C27H36O9. The van der Waals surface area contributed by atoms with Gasteiger partial charge in [0.25, 0.3) is 0 Å². The Hall–Kier alpha value is -2.71. The van der Waals surface area contributed by atoms with Crippen LogP contribution in [-0.2, 0) is 33.3 Å². The monoisotopic (exact) mass is 504 g/mol. The Morgan fingerprint density at radius 2 is 1.78 bits per heavy atom. The molecular weight excluding hydrogens is 468 g/mol. The van der Waals surface area contributed by atoms with Crippen molar-refractivity contribution in [2.75, 3.05) is 20.3 Å². The van der Waals surface area contributed by atoms with Gasteiger partial charge < -0.3 is 18.9 Å². The molecule has 6 atom stereocenters. The van der Waals surface area contributed by atoms with Crippen molar-refractivity contribution in [3.05, 3.63) is 11.6 Å². The van der Waals surface area contributed by atoms with Gasteiger partial charge in [0.1, 0.15) is 5.78 Å². The van der Waals surface area contributed by atoms with Crippen LogP contribution in [0.25, 0.3) is 0 Å². The lowest BCUT2D eigenvalue weighted by molar-refractivity contribution is -0.174. The highest BCUT2D eigenvalue weighted by atomic mass is 16.7. The highest BCUT2D eigenvalue weighted by molar-refractivity contribution is 5.95. The number of ketones is 3. The molecule has 0 aromatic carbocycles. The molecule has 0 amide bonds. The van der Waals surface area contributed by atoms with Crippen molar-refractivity contribution in [3.63, 3.8) is 0 Å². The second-order valence-corrected chi connectivity index (χ2v) is 11.1. The van der Waals surface area contributed by atoms with E-state index in [2.05, 4.69) is 6.92 Å². The second-order valence-electron chi connectivity index (χ2n) is 11.1. The van der Waals surface area contributed by atoms with E-state index in [9.17, 15) is 24.0 Å². The summed E-state index contributed by atoms with van der Waals surface area (Å²) in [5.74, 6) is -0.744. The summed E-state index contributed by atoms with van der Waals surface area (Å²) in [6, 6.07) is 0. The summed E-state index contributed by atoms with van der Waals surface area (Å²) in [7, 11) is 1.16. The van der Waals surface area contributed by atoms with E-state index in [4.69, 9.17) is 18.9 Å². The van der Waals surface area contributed by atoms with Crippen molar-refractivity contribution in [3.8, 4) is 0 Å². The lowest BCUT2D eigenvalue weighted by Gasteiger charge is -2.57. The van der Waals surface area contributed by atoms with Crippen LogP contribution in [0.1, 0.15) is 72.1 Å². The van der Waals surface area contributed by atoms with Crippen molar-refractivity contribution in [2.24, 2.45) is 28.6 Å². The molecule has 0 aromatic rings. The quantitative estimate of drug-likeness (QED) is 0.486. The lowest BCUT2D eigenvalue weighted by Crippen LogP contribution is -2.62. The number of fused-ring (bicyclic) bond motifs is 5. The molecule has 0 radical (unpaired) electrons. The van der Waals surface area contributed by atoms with Gasteiger partial charge in [-0.2, -0.15) is 0 Å². The topological polar surface area (TPSA) is 122 Å². The van der Waals surface area contributed by atoms with E-state index in [1.165, 1.54) is 0 Å². The number of carbonyl (C=O) groups is 5. The number of carbonyl (C=O) groups excluding carboxylic acids is 5. The standard InChI is InChI=1S/C27H36O9/c1-5-12-34-24(32)35-15-21(30)27(36-23(31)33-4)11-9-19-18-7-6-16-13-17(28)8-10-25(16,2)22(18)20(29)14-26(19,27)3/h13,18-19,22H,5-12,14-15H2,1-4H3/t18-,19-,22+,25-,26-,27-/m0/s1. The Balaban J connectivity index is 1.65. The predicted octanol–water partition coefficient (Wildman–Crippen LogP) is 4.35. The minimum Gasteiger partial charge on any atom is -0.438 e. The molecule has 0 aromatic heterocycles. The third kappa shape index (κ3) is 4.04. The van der Waals surface area contributed by atoms with Crippen molar-refractivity contribution >= 4 is 29.7 Å². The normalized spacial score (nSPS) is 37.1. The minimum atomic E-state index is -1.66. The number of allylic oxidation sites excluding steroid dienone is 1. The first-order valence-electron chi connectivity index (χ1n) is 12.9. The van der Waals surface area contributed by atoms with E-state index < -0.39 is 35.7 Å². The fourth-order valence-electron chi connectivity index (χ4n) is 7.71. The molecule has 4 aliphatic carbocycles. The highest BCUT2D eigenvalue weighted by Crippen LogP contribution is 2.67. The molecule has 4 rings (SSSR count). The van der Waals surface area contributed by atoms with Gasteiger partial charge in [-0.3, -0.25) is 14.4 Å². The number of methoxy groups -OCH3 is 1. The van der Waals surface area contributed by atoms with Gasteiger partial charge in [0.2, 0.25) is 5.78 Å². The summed E-state index contributed by atoms with van der Waals surface area (Å²) < 4.78 is 20.4. The van der Waals surface area contributed by atoms with E-state index in [0.717, 1.165) is 25.5 Å². The van der Waals surface area contributed by atoms with Crippen molar-refractivity contribution in [2.45, 2.75) is 77.7 Å². The summed E-state index contributed by atoms with van der Waals surface area (Å²) in [6.07, 6.45) is 3.74. The summed E-state index contributed by atoms with van der Waals surface area (Å²) in [6.45, 7) is 5.30. The van der Waals surface area contributed by atoms with E-state index in [1.807, 2.05) is 13.8 Å². The van der Waals surface area contributed by atoms with Gasteiger partial charge in [-0.25, -0.2) is 9.59 Å². The zero-order chi connectivity index (χ0) is 26.3. The summed E-state index contributed by atoms with van der Waals surface area (Å²) >= 11 is 0. The minimum absolute atomic E-state index is 0.00189. The molecule has 36 heavy (non-hydrogen) atoms. The maximum absolute atomic E-state index is 13.9. The third-order valence-corrected chi connectivity index (χ3v) is 9.39. The van der Waals surface area contributed by atoms with Gasteiger partial charge in [-0.05, 0) is 61.9 Å². The number of hydrogen-bond acceptors (Lipinski definition) is 9. The molecule has 3 fully saturated rings. The van der Waals surface area contributed by atoms with Crippen LogP contribution in [0.5, 0.6) is 0 Å². The molecule has 0 unspecified atom stereocenters. The summed E-state index contributed by atoms with van der Waals surface area (Å²) in [5.41, 5.74) is -1.95. The van der Waals surface area contributed by atoms with Crippen LogP contribution in [0.2, 0.25) is 0 Å². The van der Waals surface area contributed by atoms with Crippen LogP contribution < -0.4 is 0 Å². The van der Waals surface area contributed by atoms with Crippen LogP contribution in [0.15, 0.2) is 11.6 Å². The number of hydrogen-bond donors (Lipinski definition) is 0. The maximum atomic E-state index is 13.9. The molecule has 0 spiro atoms. The lowest BCUT2D eigenvalue weighted by atomic mass is 9.46. The van der Waals surface area contributed by atoms with Gasteiger partial charge in [-0.15, -0.1) is 0 Å². The van der Waals surface area contributed by atoms with E-state index in [0.29, 0.717) is 25.7 Å². The smallest absolute Gasteiger partial charge is 0.438 e. The van der Waals surface area contributed by atoms with Gasteiger partial charge >= 0.3 is 12.3 Å². The van der Waals surface area contributed by atoms with Crippen molar-refractivity contribution in [1.29, 1.82) is 0 Å². The van der Waals surface area contributed by atoms with E-state index in [-0.39, 0.29) is 54.2 Å². The van der Waals surface area contributed by atoms with Gasteiger partial charge in [-0.1, -0.05) is 26.3 Å². The van der Waals surface area contributed by atoms with Gasteiger partial charge in [0.15, 0.2) is 18.0 Å². The number of rotatable bonds is 6. The Bertz CT molecular complexity index is 999. The van der Waals surface area contributed by atoms with Gasteiger partial charge in [0, 0.05) is 24.2 Å². The first-order chi connectivity index (χ1) is 17.0. The highest BCUT2D eigenvalue weighted by Gasteiger charge is 2.71. The fraction of sp³-hybridized carbons (Fsp3) is 0.741. The van der Waals surface area contributed by atoms with Crippen LogP contribution in [-0.4, -0.2) is 55.6 Å².